The van der Waals surface area contributed by atoms with Gasteiger partial charge in [-0.25, -0.2) is 0 Å². The largest absolute Gasteiger partial charge is 0.401 e. The van der Waals surface area contributed by atoms with Crippen molar-refractivity contribution in [2.45, 2.75) is 23.7 Å². The van der Waals surface area contributed by atoms with Crippen molar-refractivity contribution in [2.75, 3.05) is 25.9 Å². The van der Waals surface area contributed by atoms with Gasteiger partial charge in [0.2, 0.25) is 0 Å². The van der Waals surface area contributed by atoms with E-state index in [0.717, 1.165) is 15.8 Å². The summed E-state index contributed by atoms with van der Waals surface area (Å²) in [7, 11) is 0. The van der Waals surface area contributed by atoms with Crippen LogP contribution in [0.5, 0.6) is 0 Å². The molecule has 2 rings (SSSR count). The minimum absolute atomic E-state index is 0.101. The second-order valence-corrected chi connectivity index (χ2v) is 6.30. The molecule has 0 bridgehead atoms. The number of nitrogens with one attached hydrogen (secondary N) is 1. The summed E-state index contributed by atoms with van der Waals surface area (Å²) in [5, 5.41) is 0.820. The predicted octanol–water partition coefficient (Wildman–Crippen LogP) is 4.86. The van der Waals surface area contributed by atoms with Gasteiger partial charge in [0.15, 0.2) is 0 Å². The minimum Gasteiger partial charge on any atom is -0.361 e. The van der Waals surface area contributed by atoms with Gasteiger partial charge in [-0.2, -0.15) is 26.3 Å². The van der Waals surface area contributed by atoms with Gasteiger partial charge in [-0.15, -0.1) is 11.8 Å². The third-order valence-electron chi connectivity index (χ3n) is 3.48. The minimum atomic E-state index is -4.67. The Bertz CT molecular complexity index is 661. The number of rotatable bonds is 6. The molecule has 0 spiro atoms. The standard InChI is InChI=1S/C15H16F6N2S/c1-24-11-2-3-13-12(6-11)10(7-22-13)4-5-23(8-14(16,17)18)9-15(19,20)21/h2-3,6-7,22H,4-5,8-9H2,1H3. The van der Waals surface area contributed by atoms with Gasteiger partial charge in [-0.1, -0.05) is 0 Å². The Morgan fingerprint density at radius 1 is 1.04 bits per heavy atom. The molecule has 0 unspecified atom stereocenters. The van der Waals surface area contributed by atoms with Crippen molar-refractivity contribution in [1.29, 1.82) is 0 Å². The van der Waals surface area contributed by atoms with E-state index in [1.54, 1.807) is 6.20 Å². The SMILES string of the molecule is CSc1ccc2[nH]cc(CCN(CC(F)(F)F)CC(F)(F)F)c2c1. The van der Waals surface area contributed by atoms with Crippen LogP contribution in [0.1, 0.15) is 5.56 Å². The van der Waals surface area contributed by atoms with E-state index in [2.05, 4.69) is 4.98 Å². The first-order valence-electron chi connectivity index (χ1n) is 7.07. The lowest BCUT2D eigenvalue weighted by Gasteiger charge is -2.24. The molecule has 0 aliphatic rings. The molecule has 0 saturated carbocycles. The van der Waals surface area contributed by atoms with Crippen molar-refractivity contribution in [2.24, 2.45) is 0 Å². The molecule has 0 radical (unpaired) electrons. The molecule has 9 heteroatoms. The van der Waals surface area contributed by atoms with Crippen LogP contribution in [0.15, 0.2) is 29.3 Å². The maximum absolute atomic E-state index is 12.5. The van der Waals surface area contributed by atoms with Crippen LogP contribution in [0.4, 0.5) is 26.3 Å². The molecule has 0 amide bonds. The van der Waals surface area contributed by atoms with Crippen LogP contribution >= 0.6 is 11.8 Å². The highest BCUT2D eigenvalue weighted by atomic mass is 32.2. The van der Waals surface area contributed by atoms with Crippen LogP contribution < -0.4 is 0 Å². The number of thioether (sulfide) groups is 1. The summed E-state index contributed by atoms with van der Waals surface area (Å²) in [6, 6.07) is 5.62. The Labute approximate surface area is 139 Å². The van der Waals surface area contributed by atoms with Crippen LogP contribution in [0, 0.1) is 0 Å². The smallest absolute Gasteiger partial charge is 0.361 e. The summed E-state index contributed by atoms with van der Waals surface area (Å²) >= 11 is 1.51. The van der Waals surface area contributed by atoms with Gasteiger partial charge in [0.05, 0.1) is 13.1 Å². The number of alkyl halides is 6. The first-order chi connectivity index (χ1) is 11.1. The molecule has 2 nitrogen and oxygen atoms in total. The van der Waals surface area contributed by atoms with Gasteiger partial charge in [0.25, 0.3) is 0 Å². The van der Waals surface area contributed by atoms with Gasteiger partial charge in [0, 0.05) is 28.5 Å². The highest BCUT2D eigenvalue weighted by Gasteiger charge is 2.37. The van der Waals surface area contributed by atoms with E-state index in [-0.39, 0.29) is 13.0 Å². The zero-order chi connectivity index (χ0) is 18.0. The van der Waals surface area contributed by atoms with Gasteiger partial charge >= 0.3 is 12.4 Å². The molecule has 1 aromatic heterocycles. The molecule has 0 saturated heterocycles. The second kappa shape index (κ2) is 7.26. The molecule has 24 heavy (non-hydrogen) atoms. The Kier molecular flexibility index (Phi) is 5.74. The zero-order valence-corrected chi connectivity index (χ0v) is 13.6. The highest BCUT2D eigenvalue weighted by Crippen LogP contribution is 2.26. The first-order valence-corrected chi connectivity index (χ1v) is 8.30. The average Bonchev–Trinajstić information content (AvgIpc) is 2.83. The van der Waals surface area contributed by atoms with E-state index in [1.165, 1.54) is 11.8 Å². The monoisotopic (exact) mass is 370 g/mol. The maximum atomic E-state index is 12.5. The number of nitrogens with zero attached hydrogens (tertiary/aromatic N) is 1. The Morgan fingerprint density at radius 2 is 1.67 bits per heavy atom. The van der Waals surface area contributed by atoms with Crippen LogP contribution in [0.25, 0.3) is 10.9 Å². The molecule has 0 atom stereocenters. The van der Waals surface area contributed by atoms with Crippen LogP contribution in [-0.4, -0.2) is 48.1 Å². The fourth-order valence-electron chi connectivity index (χ4n) is 2.49. The van der Waals surface area contributed by atoms with E-state index in [0.29, 0.717) is 10.5 Å². The van der Waals surface area contributed by atoms with Crippen molar-refractivity contribution in [3.8, 4) is 0 Å². The van der Waals surface area contributed by atoms with E-state index < -0.39 is 25.4 Å². The van der Waals surface area contributed by atoms with Crippen molar-refractivity contribution < 1.29 is 26.3 Å². The topological polar surface area (TPSA) is 19.0 Å². The number of hydrogen-bond acceptors (Lipinski definition) is 2. The molecule has 1 heterocycles. The van der Waals surface area contributed by atoms with Gasteiger partial charge in [-0.3, -0.25) is 4.90 Å². The molecular weight excluding hydrogens is 354 g/mol. The zero-order valence-electron chi connectivity index (χ0n) is 12.8. The van der Waals surface area contributed by atoms with Gasteiger partial charge < -0.3 is 4.98 Å². The number of H-pyrrole nitrogens is 1. The Morgan fingerprint density at radius 3 is 2.21 bits per heavy atom. The number of aromatic amines is 1. The molecule has 2 aromatic rings. The Balaban J connectivity index is 2.13. The molecule has 0 aliphatic carbocycles. The summed E-state index contributed by atoms with van der Waals surface area (Å²) in [4.78, 5) is 4.35. The second-order valence-electron chi connectivity index (χ2n) is 5.42. The summed E-state index contributed by atoms with van der Waals surface area (Å²) < 4.78 is 74.9. The number of aromatic nitrogens is 1. The van der Waals surface area contributed by atoms with Crippen LogP contribution in [0.3, 0.4) is 0 Å². The molecule has 1 N–H and O–H groups in total. The fourth-order valence-corrected chi connectivity index (χ4v) is 2.93. The third kappa shape index (κ3) is 5.62. The number of hydrogen-bond donors (Lipinski definition) is 1. The van der Waals surface area contributed by atoms with E-state index in [9.17, 15) is 26.3 Å². The number of fused-ring (bicyclic) bond motifs is 1. The van der Waals surface area contributed by atoms with E-state index in [1.807, 2.05) is 24.5 Å². The van der Waals surface area contributed by atoms with E-state index in [4.69, 9.17) is 0 Å². The summed E-state index contributed by atoms with van der Waals surface area (Å²) in [6.07, 6.45) is -5.71. The normalized spacial score (nSPS) is 13.2. The summed E-state index contributed by atoms with van der Waals surface area (Å²) in [5.41, 5.74) is 1.51. The molecular formula is C15H16F6N2S. The predicted molar refractivity (Wildman–Crippen MR) is 82.3 cm³/mol. The lowest BCUT2D eigenvalue weighted by molar-refractivity contribution is -0.179. The quantitative estimate of drug-likeness (QED) is 0.579. The Hall–Kier alpha value is -1.35. The van der Waals surface area contributed by atoms with Crippen LogP contribution in [-0.2, 0) is 6.42 Å². The van der Waals surface area contributed by atoms with Crippen LogP contribution in [0.2, 0.25) is 0 Å². The fraction of sp³-hybridized carbons (Fsp3) is 0.467. The molecule has 0 aliphatic heterocycles. The lowest BCUT2D eigenvalue weighted by Crippen LogP contribution is -2.41. The summed E-state index contributed by atoms with van der Waals surface area (Å²) in [5.74, 6) is 0. The molecule has 0 fully saturated rings. The van der Waals surface area contributed by atoms with Crippen molar-refractivity contribution in [1.82, 2.24) is 9.88 Å². The highest BCUT2D eigenvalue weighted by molar-refractivity contribution is 7.98. The number of benzene rings is 1. The molecule has 134 valence electrons. The maximum Gasteiger partial charge on any atom is 0.401 e. The molecule has 1 aromatic carbocycles. The first kappa shape index (κ1) is 19.0. The third-order valence-corrected chi connectivity index (χ3v) is 4.20. The average molecular weight is 370 g/mol. The lowest BCUT2D eigenvalue weighted by atomic mass is 10.1. The van der Waals surface area contributed by atoms with Gasteiger partial charge in [-0.05, 0) is 36.4 Å². The van der Waals surface area contributed by atoms with E-state index >= 15 is 0 Å². The van der Waals surface area contributed by atoms with Gasteiger partial charge in [0.1, 0.15) is 0 Å². The van der Waals surface area contributed by atoms with Crippen molar-refractivity contribution in [3.63, 3.8) is 0 Å². The number of halogens is 6. The summed E-state index contributed by atoms with van der Waals surface area (Å²) in [6.45, 7) is -3.48. The van der Waals surface area contributed by atoms with Crippen molar-refractivity contribution >= 4 is 22.7 Å². The van der Waals surface area contributed by atoms with Crippen molar-refractivity contribution in [3.05, 3.63) is 30.0 Å².